The lowest BCUT2D eigenvalue weighted by Crippen LogP contribution is -2.36. The van der Waals surface area contributed by atoms with Gasteiger partial charge < -0.3 is 5.32 Å². The van der Waals surface area contributed by atoms with E-state index in [2.05, 4.69) is 12.2 Å². The molecule has 0 aromatic heterocycles. The predicted octanol–water partition coefficient (Wildman–Crippen LogP) is 2.76. The SMILES string of the molecule is CCCNC(CCCS(=O)(=O)CC)C1CCCC1. The van der Waals surface area contributed by atoms with Gasteiger partial charge >= 0.3 is 0 Å². The molecule has 18 heavy (non-hydrogen) atoms. The van der Waals surface area contributed by atoms with Crippen LogP contribution in [0, 0.1) is 5.92 Å². The summed E-state index contributed by atoms with van der Waals surface area (Å²) in [6, 6.07) is 0.541. The highest BCUT2D eigenvalue weighted by Gasteiger charge is 2.24. The standard InChI is InChI=1S/C14H29NO2S/c1-3-11-15-14(13-8-5-6-9-13)10-7-12-18(16,17)4-2/h13-15H,3-12H2,1-2H3. The second-order valence-corrected chi connectivity index (χ2v) is 7.96. The Kier molecular flexibility index (Phi) is 7.23. The molecule has 1 aliphatic carbocycles. The predicted molar refractivity (Wildman–Crippen MR) is 77.6 cm³/mol. The van der Waals surface area contributed by atoms with E-state index >= 15 is 0 Å². The van der Waals surface area contributed by atoms with Gasteiger partial charge in [-0.15, -0.1) is 0 Å². The number of rotatable bonds is 9. The van der Waals surface area contributed by atoms with Crippen LogP contribution in [-0.2, 0) is 9.84 Å². The average Bonchev–Trinajstić information content (AvgIpc) is 2.87. The Morgan fingerprint density at radius 3 is 2.44 bits per heavy atom. The highest BCUT2D eigenvalue weighted by Crippen LogP contribution is 2.29. The largest absolute Gasteiger partial charge is 0.314 e. The maximum absolute atomic E-state index is 11.5. The summed E-state index contributed by atoms with van der Waals surface area (Å²) in [4.78, 5) is 0. The number of nitrogens with one attached hydrogen (secondary N) is 1. The molecule has 0 heterocycles. The van der Waals surface area contributed by atoms with E-state index in [1.165, 1.54) is 25.7 Å². The Labute approximate surface area is 113 Å². The molecule has 0 amide bonds. The molecule has 1 saturated carbocycles. The molecule has 0 saturated heterocycles. The van der Waals surface area contributed by atoms with Gasteiger partial charge in [-0.25, -0.2) is 8.42 Å². The molecule has 0 aromatic carbocycles. The highest BCUT2D eigenvalue weighted by molar-refractivity contribution is 7.91. The topological polar surface area (TPSA) is 46.2 Å². The van der Waals surface area contributed by atoms with Crippen LogP contribution in [0.15, 0.2) is 0 Å². The molecule has 1 N–H and O–H groups in total. The Bertz CT molecular complexity index is 308. The van der Waals surface area contributed by atoms with Crippen LogP contribution in [0.1, 0.15) is 58.8 Å². The quantitative estimate of drug-likeness (QED) is 0.704. The van der Waals surface area contributed by atoms with Crippen molar-refractivity contribution in [2.45, 2.75) is 64.8 Å². The summed E-state index contributed by atoms with van der Waals surface area (Å²) in [5.41, 5.74) is 0. The van der Waals surface area contributed by atoms with E-state index in [9.17, 15) is 8.42 Å². The number of sulfone groups is 1. The first kappa shape index (κ1) is 16.0. The summed E-state index contributed by atoms with van der Waals surface area (Å²) in [5, 5.41) is 3.62. The molecular weight excluding hydrogens is 246 g/mol. The lowest BCUT2D eigenvalue weighted by atomic mass is 9.94. The first-order valence-corrected chi connectivity index (χ1v) is 9.35. The van der Waals surface area contributed by atoms with Gasteiger partial charge in [0.05, 0.1) is 5.75 Å². The third kappa shape index (κ3) is 5.70. The van der Waals surface area contributed by atoms with Crippen LogP contribution in [0.5, 0.6) is 0 Å². The van der Waals surface area contributed by atoms with Crippen molar-refractivity contribution >= 4 is 9.84 Å². The molecular formula is C14H29NO2S. The van der Waals surface area contributed by atoms with Gasteiger partial charge in [0, 0.05) is 11.8 Å². The summed E-state index contributed by atoms with van der Waals surface area (Å²) in [7, 11) is -2.79. The van der Waals surface area contributed by atoms with Crippen LogP contribution < -0.4 is 5.32 Å². The molecule has 0 bridgehead atoms. The van der Waals surface area contributed by atoms with Gasteiger partial charge in [-0.2, -0.15) is 0 Å². The van der Waals surface area contributed by atoms with Gasteiger partial charge in [0.2, 0.25) is 0 Å². The van der Waals surface area contributed by atoms with E-state index in [-0.39, 0.29) is 5.75 Å². The van der Waals surface area contributed by atoms with Crippen LogP contribution in [-0.4, -0.2) is 32.5 Å². The van der Waals surface area contributed by atoms with Crippen molar-refractivity contribution in [1.29, 1.82) is 0 Å². The minimum atomic E-state index is -2.79. The van der Waals surface area contributed by atoms with Crippen molar-refractivity contribution in [3.63, 3.8) is 0 Å². The second-order valence-electron chi connectivity index (χ2n) is 5.48. The molecule has 3 nitrogen and oxygen atoms in total. The second kappa shape index (κ2) is 8.16. The van der Waals surface area contributed by atoms with Crippen LogP contribution in [0.2, 0.25) is 0 Å². The molecule has 0 radical (unpaired) electrons. The summed E-state index contributed by atoms with van der Waals surface area (Å²) in [6.45, 7) is 4.97. The van der Waals surface area contributed by atoms with E-state index in [0.717, 1.165) is 31.7 Å². The third-order valence-corrected chi connectivity index (χ3v) is 5.83. The van der Waals surface area contributed by atoms with Gasteiger partial charge in [-0.05, 0) is 44.6 Å². The van der Waals surface area contributed by atoms with Crippen molar-refractivity contribution in [2.75, 3.05) is 18.1 Å². The Morgan fingerprint density at radius 1 is 1.22 bits per heavy atom. The zero-order valence-corrected chi connectivity index (χ0v) is 12.8. The van der Waals surface area contributed by atoms with E-state index in [1.54, 1.807) is 6.92 Å². The molecule has 108 valence electrons. The maximum Gasteiger partial charge on any atom is 0.150 e. The van der Waals surface area contributed by atoms with Crippen molar-refractivity contribution in [3.8, 4) is 0 Å². The van der Waals surface area contributed by atoms with Gasteiger partial charge in [0.1, 0.15) is 9.84 Å². The molecule has 0 aromatic rings. The average molecular weight is 275 g/mol. The zero-order valence-electron chi connectivity index (χ0n) is 12.0. The summed E-state index contributed by atoms with van der Waals surface area (Å²) < 4.78 is 23.0. The Morgan fingerprint density at radius 2 is 1.89 bits per heavy atom. The van der Waals surface area contributed by atoms with Crippen molar-refractivity contribution in [1.82, 2.24) is 5.32 Å². The van der Waals surface area contributed by atoms with Crippen molar-refractivity contribution < 1.29 is 8.42 Å². The molecule has 1 fully saturated rings. The fourth-order valence-electron chi connectivity index (χ4n) is 2.86. The molecule has 1 atom stereocenters. The summed E-state index contributed by atoms with van der Waals surface area (Å²) >= 11 is 0. The van der Waals surface area contributed by atoms with Crippen molar-refractivity contribution in [3.05, 3.63) is 0 Å². The van der Waals surface area contributed by atoms with Crippen LogP contribution >= 0.6 is 0 Å². The fourth-order valence-corrected chi connectivity index (χ4v) is 3.76. The fraction of sp³-hybridized carbons (Fsp3) is 1.00. The van der Waals surface area contributed by atoms with Crippen LogP contribution in [0.25, 0.3) is 0 Å². The smallest absolute Gasteiger partial charge is 0.150 e. The van der Waals surface area contributed by atoms with Crippen LogP contribution in [0.3, 0.4) is 0 Å². The normalized spacial score (nSPS) is 19.2. The summed E-state index contributed by atoms with van der Waals surface area (Å²) in [6.07, 6.45) is 8.32. The summed E-state index contributed by atoms with van der Waals surface area (Å²) in [5.74, 6) is 1.42. The molecule has 4 heteroatoms. The lowest BCUT2D eigenvalue weighted by molar-refractivity contribution is 0.338. The first-order valence-electron chi connectivity index (χ1n) is 7.53. The number of hydrogen-bond acceptors (Lipinski definition) is 3. The number of hydrogen-bond donors (Lipinski definition) is 1. The van der Waals surface area contributed by atoms with Crippen molar-refractivity contribution in [2.24, 2.45) is 5.92 Å². The van der Waals surface area contributed by atoms with E-state index in [4.69, 9.17) is 0 Å². The molecule has 1 rings (SSSR count). The Balaban J connectivity index is 2.36. The lowest BCUT2D eigenvalue weighted by Gasteiger charge is -2.24. The van der Waals surface area contributed by atoms with Gasteiger partial charge in [-0.3, -0.25) is 0 Å². The molecule has 1 unspecified atom stereocenters. The van der Waals surface area contributed by atoms with Gasteiger partial charge in [0.25, 0.3) is 0 Å². The Hall–Kier alpha value is -0.0900. The minimum absolute atomic E-state index is 0.281. The molecule has 0 aliphatic heterocycles. The van der Waals surface area contributed by atoms with Crippen LogP contribution in [0.4, 0.5) is 0 Å². The van der Waals surface area contributed by atoms with E-state index in [0.29, 0.717) is 11.8 Å². The highest BCUT2D eigenvalue weighted by atomic mass is 32.2. The monoisotopic (exact) mass is 275 g/mol. The van der Waals surface area contributed by atoms with Gasteiger partial charge in [0.15, 0.2) is 0 Å². The zero-order chi connectivity index (χ0) is 13.4. The minimum Gasteiger partial charge on any atom is -0.314 e. The van der Waals surface area contributed by atoms with Gasteiger partial charge in [-0.1, -0.05) is 26.7 Å². The van der Waals surface area contributed by atoms with E-state index in [1.807, 2.05) is 0 Å². The third-order valence-electron chi connectivity index (χ3n) is 4.04. The van der Waals surface area contributed by atoms with E-state index < -0.39 is 9.84 Å². The molecule has 1 aliphatic rings. The maximum atomic E-state index is 11.5. The first-order chi connectivity index (χ1) is 8.59. The molecule has 0 spiro atoms.